The van der Waals surface area contributed by atoms with E-state index in [9.17, 15) is 4.79 Å². The van der Waals surface area contributed by atoms with Gasteiger partial charge in [-0.15, -0.1) is 0 Å². The molecule has 4 rings (SSSR count). The van der Waals surface area contributed by atoms with Crippen LogP contribution in [0.1, 0.15) is 34.6 Å². The Morgan fingerprint density at radius 1 is 1.15 bits per heavy atom. The molecule has 130 valence electrons. The zero-order valence-electron chi connectivity index (χ0n) is 14.6. The number of thiophene rings is 1. The van der Waals surface area contributed by atoms with E-state index in [-0.39, 0.29) is 11.9 Å². The van der Waals surface area contributed by atoms with Gasteiger partial charge in [-0.1, -0.05) is 36.4 Å². The molecular formula is C21H19N3OS. The first-order valence-electron chi connectivity index (χ1n) is 8.51. The Morgan fingerprint density at radius 2 is 1.96 bits per heavy atom. The number of carbonyl (C=O) groups excluding carboxylic acids is 1. The summed E-state index contributed by atoms with van der Waals surface area (Å²) in [4.78, 5) is 12.3. The van der Waals surface area contributed by atoms with Gasteiger partial charge in [0.1, 0.15) is 0 Å². The molecule has 0 radical (unpaired) electrons. The summed E-state index contributed by atoms with van der Waals surface area (Å²) in [6.07, 6.45) is 1.84. The van der Waals surface area contributed by atoms with Crippen molar-refractivity contribution in [3.63, 3.8) is 0 Å². The van der Waals surface area contributed by atoms with E-state index in [0.29, 0.717) is 5.56 Å². The molecule has 0 aliphatic carbocycles. The Morgan fingerprint density at radius 3 is 2.77 bits per heavy atom. The van der Waals surface area contributed by atoms with Crippen molar-refractivity contribution in [2.24, 2.45) is 0 Å². The van der Waals surface area contributed by atoms with Crippen LogP contribution in [0.5, 0.6) is 0 Å². The SMILES string of the molecule is Cc1c([C@H](C)NC(=O)c2ccsc2)cnn1-c1cccc2ccccc12. The van der Waals surface area contributed by atoms with Crippen LogP contribution in [-0.2, 0) is 0 Å². The Bertz CT molecular complexity index is 1060. The summed E-state index contributed by atoms with van der Waals surface area (Å²) in [7, 11) is 0. The van der Waals surface area contributed by atoms with E-state index in [1.54, 1.807) is 0 Å². The zero-order valence-corrected chi connectivity index (χ0v) is 15.5. The smallest absolute Gasteiger partial charge is 0.252 e. The number of hydrogen-bond acceptors (Lipinski definition) is 3. The summed E-state index contributed by atoms with van der Waals surface area (Å²) in [5.74, 6) is -0.0592. The standard InChI is InChI=1S/C21H19N3OS/c1-14(23-21(25)17-10-11-26-13-17)19-12-22-24(15(19)2)20-9-5-7-16-6-3-4-8-18(16)20/h3-14H,1-2H3,(H,23,25)/t14-/m0/s1. The van der Waals surface area contributed by atoms with Crippen molar-refractivity contribution in [3.8, 4) is 5.69 Å². The van der Waals surface area contributed by atoms with E-state index in [2.05, 4.69) is 34.7 Å². The van der Waals surface area contributed by atoms with Crippen molar-refractivity contribution in [3.05, 3.63) is 82.3 Å². The van der Waals surface area contributed by atoms with Crippen LogP contribution in [0.2, 0.25) is 0 Å². The number of nitrogens with zero attached hydrogens (tertiary/aromatic N) is 2. The first-order chi connectivity index (χ1) is 12.6. The van der Waals surface area contributed by atoms with Gasteiger partial charge in [0, 0.05) is 22.0 Å². The number of nitrogens with one attached hydrogen (secondary N) is 1. The molecule has 0 bridgehead atoms. The van der Waals surface area contributed by atoms with E-state index >= 15 is 0 Å². The van der Waals surface area contributed by atoms with Crippen LogP contribution in [0, 0.1) is 6.92 Å². The minimum atomic E-state index is -0.119. The molecule has 5 heteroatoms. The van der Waals surface area contributed by atoms with E-state index in [4.69, 9.17) is 0 Å². The first kappa shape index (κ1) is 16.5. The summed E-state index contributed by atoms with van der Waals surface area (Å²) in [6.45, 7) is 4.03. The van der Waals surface area contributed by atoms with Crippen molar-refractivity contribution in [2.75, 3.05) is 0 Å². The van der Waals surface area contributed by atoms with Gasteiger partial charge in [-0.3, -0.25) is 4.79 Å². The molecule has 1 atom stereocenters. The lowest BCUT2D eigenvalue weighted by atomic mass is 10.1. The summed E-state index contributed by atoms with van der Waals surface area (Å²) >= 11 is 1.52. The predicted octanol–water partition coefficient (Wildman–Crippen LogP) is 4.89. The van der Waals surface area contributed by atoms with Gasteiger partial charge in [0.2, 0.25) is 0 Å². The predicted molar refractivity (Wildman–Crippen MR) is 106 cm³/mol. The molecule has 0 saturated carbocycles. The number of carbonyl (C=O) groups is 1. The highest BCUT2D eigenvalue weighted by atomic mass is 32.1. The lowest BCUT2D eigenvalue weighted by Crippen LogP contribution is -2.26. The van der Waals surface area contributed by atoms with Gasteiger partial charge in [-0.05, 0) is 36.7 Å². The van der Waals surface area contributed by atoms with E-state index in [1.165, 1.54) is 16.7 Å². The molecule has 1 N–H and O–H groups in total. The van der Waals surface area contributed by atoms with Crippen LogP contribution < -0.4 is 5.32 Å². The van der Waals surface area contributed by atoms with Gasteiger partial charge in [0.15, 0.2) is 0 Å². The molecule has 2 aromatic heterocycles. The Labute approximate surface area is 156 Å². The fourth-order valence-electron chi connectivity index (χ4n) is 3.23. The maximum absolute atomic E-state index is 12.3. The highest BCUT2D eigenvalue weighted by molar-refractivity contribution is 7.08. The summed E-state index contributed by atoms with van der Waals surface area (Å²) in [6, 6.07) is 16.2. The number of hydrogen-bond donors (Lipinski definition) is 1. The molecule has 1 amide bonds. The monoisotopic (exact) mass is 361 g/mol. The number of rotatable bonds is 4. The third-order valence-electron chi connectivity index (χ3n) is 4.64. The molecule has 0 unspecified atom stereocenters. The molecule has 4 aromatic rings. The molecule has 0 spiro atoms. The maximum atomic E-state index is 12.3. The number of aromatic nitrogens is 2. The minimum absolute atomic E-state index is 0.0592. The van der Waals surface area contributed by atoms with Crippen LogP contribution in [0.25, 0.3) is 16.5 Å². The second-order valence-corrected chi connectivity index (χ2v) is 7.08. The molecule has 26 heavy (non-hydrogen) atoms. The quantitative estimate of drug-likeness (QED) is 0.563. The third kappa shape index (κ3) is 2.91. The number of fused-ring (bicyclic) bond motifs is 1. The molecule has 0 aliphatic heterocycles. The van der Waals surface area contributed by atoms with Crippen molar-refractivity contribution < 1.29 is 4.79 Å². The molecule has 4 nitrogen and oxygen atoms in total. The highest BCUT2D eigenvalue weighted by Gasteiger charge is 2.18. The van der Waals surface area contributed by atoms with Crippen LogP contribution >= 0.6 is 11.3 Å². The topological polar surface area (TPSA) is 46.9 Å². The average Bonchev–Trinajstić information content (AvgIpc) is 3.31. The first-order valence-corrected chi connectivity index (χ1v) is 9.45. The van der Waals surface area contributed by atoms with Gasteiger partial charge in [-0.2, -0.15) is 16.4 Å². The number of benzene rings is 2. The van der Waals surface area contributed by atoms with Crippen LogP contribution in [-0.4, -0.2) is 15.7 Å². The van der Waals surface area contributed by atoms with Crippen molar-refractivity contribution in [2.45, 2.75) is 19.9 Å². The van der Waals surface area contributed by atoms with Crippen molar-refractivity contribution in [1.82, 2.24) is 15.1 Å². The third-order valence-corrected chi connectivity index (χ3v) is 5.32. The second kappa shape index (κ2) is 6.77. The van der Waals surface area contributed by atoms with Crippen LogP contribution in [0.4, 0.5) is 0 Å². The molecule has 0 aliphatic rings. The van der Waals surface area contributed by atoms with Gasteiger partial charge < -0.3 is 5.32 Å². The molecular weight excluding hydrogens is 342 g/mol. The lowest BCUT2D eigenvalue weighted by Gasteiger charge is -2.14. The van der Waals surface area contributed by atoms with Gasteiger partial charge in [0.05, 0.1) is 23.5 Å². The van der Waals surface area contributed by atoms with E-state index in [0.717, 1.165) is 22.3 Å². The Hall–Kier alpha value is -2.92. The normalized spacial score (nSPS) is 12.2. The molecule has 2 heterocycles. The largest absolute Gasteiger partial charge is 0.345 e. The van der Waals surface area contributed by atoms with E-state index in [1.807, 2.05) is 59.8 Å². The fraction of sp³-hybridized carbons (Fsp3) is 0.143. The highest BCUT2D eigenvalue weighted by Crippen LogP contribution is 2.26. The maximum Gasteiger partial charge on any atom is 0.252 e. The van der Waals surface area contributed by atoms with E-state index < -0.39 is 0 Å². The van der Waals surface area contributed by atoms with Gasteiger partial charge >= 0.3 is 0 Å². The molecule has 0 saturated heterocycles. The zero-order chi connectivity index (χ0) is 18.1. The number of amides is 1. The summed E-state index contributed by atoms with van der Waals surface area (Å²) < 4.78 is 1.95. The molecule has 0 fully saturated rings. The summed E-state index contributed by atoms with van der Waals surface area (Å²) in [5, 5.41) is 13.7. The average molecular weight is 361 g/mol. The van der Waals surface area contributed by atoms with Crippen LogP contribution in [0.15, 0.2) is 65.5 Å². The minimum Gasteiger partial charge on any atom is -0.345 e. The lowest BCUT2D eigenvalue weighted by molar-refractivity contribution is 0.0940. The molecule has 2 aromatic carbocycles. The summed E-state index contributed by atoms with van der Waals surface area (Å²) in [5.41, 5.74) is 3.78. The second-order valence-electron chi connectivity index (χ2n) is 6.30. The van der Waals surface area contributed by atoms with Crippen molar-refractivity contribution >= 4 is 28.0 Å². The van der Waals surface area contributed by atoms with Crippen molar-refractivity contribution in [1.29, 1.82) is 0 Å². The Balaban J connectivity index is 1.67. The van der Waals surface area contributed by atoms with Gasteiger partial charge in [-0.25, -0.2) is 4.68 Å². The fourth-order valence-corrected chi connectivity index (χ4v) is 3.87. The van der Waals surface area contributed by atoms with Crippen LogP contribution in [0.3, 0.4) is 0 Å². The Kier molecular flexibility index (Phi) is 4.31. The van der Waals surface area contributed by atoms with Gasteiger partial charge in [0.25, 0.3) is 5.91 Å².